The normalized spacial score (nSPS) is 10.6. The number of carbonyl (C=O) groups excluding carboxylic acids is 1. The molecule has 0 aromatic carbocycles. The van der Waals surface area contributed by atoms with E-state index in [0.717, 1.165) is 0 Å². The minimum Gasteiger partial charge on any atom is -0.550 e. The van der Waals surface area contributed by atoms with Crippen molar-refractivity contribution in [2.75, 3.05) is 0 Å². The van der Waals surface area contributed by atoms with E-state index in [9.17, 15) is 14.7 Å². The second kappa shape index (κ2) is 3.02. The van der Waals surface area contributed by atoms with Crippen LogP contribution in [0, 0.1) is 0 Å². The lowest BCUT2D eigenvalue weighted by Crippen LogP contribution is -2.24. The first-order valence-electron chi connectivity index (χ1n) is 3.96. The van der Waals surface area contributed by atoms with Crippen LogP contribution >= 0.6 is 0 Å². The van der Waals surface area contributed by atoms with E-state index in [1.54, 1.807) is 0 Å². The van der Waals surface area contributed by atoms with Gasteiger partial charge in [-0.05, 0) is 6.07 Å². The van der Waals surface area contributed by atoms with Gasteiger partial charge in [0.1, 0.15) is 5.58 Å². The Kier molecular flexibility index (Phi) is 1.85. The number of pyridine rings is 1. The van der Waals surface area contributed by atoms with Gasteiger partial charge in [-0.2, -0.15) is 0 Å². The Balaban J connectivity index is 2.66. The van der Waals surface area contributed by atoms with Crippen LogP contribution in [-0.2, 0) is 11.2 Å². The van der Waals surface area contributed by atoms with Crippen LogP contribution in [0.25, 0.3) is 11.0 Å². The fourth-order valence-electron chi connectivity index (χ4n) is 1.32. The van der Waals surface area contributed by atoms with Gasteiger partial charge in [-0.25, -0.2) is 0 Å². The van der Waals surface area contributed by atoms with E-state index in [0.29, 0.717) is 16.5 Å². The summed E-state index contributed by atoms with van der Waals surface area (Å²) in [5.74, 6) is -1.21. The predicted octanol–water partition coefficient (Wildman–Crippen LogP) is -0.587. The van der Waals surface area contributed by atoms with E-state index < -0.39 is 5.97 Å². The minimum absolute atomic E-state index is 0.277. The van der Waals surface area contributed by atoms with Gasteiger partial charge in [-0.15, -0.1) is 0 Å². The summed E-state index contributed by atoms with van der Waals surface area (Å²) in [6.07, 6.45) is 2.39. The first-order chi connectivity index (χ1) is 6.68. The van der Waals surface area contributed by atoms with Gasteiger partial charge in [0.15, 0.2) is 0 Å². The molecule has 0 unspecified atom stereocenters. The number of carbonyl (C=O) groups is 1. The lowest BCUT2D eigenvalue weighted by molar-refractivity contribution is -0.304. The highest BCUT2D eigenvalue weighted by molar-refractivity contribution is 5.82. The van der Waals surface area contributed by atoms with E-state index in [2.05, 4.69) is 4.98 Å². The number of hydrogen-bond acceptors (Lipinski definition) is 4. The van der Waals surface area contributed by atoms with Crippen molar-refractivity contribution in [3.63, 3.8) is 0 Å². The van der Waals surface area contributed by atoms with Gasteiger partial charge in [-0.1, -0.05) is 0 Å². The zero-order valence-electron chi connectivity index (χ0n) is 7.07. The largest absolute Gasteiger partial charge is 0.550 e. The summed E-state index contributed by atoms with van der Waals surface area (Å²) in [5.41, 5.74) is 0.415. The van der Waals surface area contributed by atoms with Crippen molar-refractivity contribution in [3.8, 4) is 0 Å². The maximum atomic E-state index is 11.2. The molecule has 0 bridgehead atoms. The Morgan fingerprint density at radius 2 is 2.36 bits per heavy atom. The summed E-state index contributed by atoms with van der Waals surface area (Å²) in [6, 6.07) is 1.49. The fourth-order valence-corrected chi connectivity index (χ4v) is 1.32. The maximum Gasteiger partial charge on any atom is 0.259 e. The molecule has 5 heteroatoms. The predicted molar refractivity (Wildman–Crippen MR) is 45.5 cm³/mol. The summed E-state index contributed by atoms with van der Waals surface area (Å²) >= 11 is 0. The summed E-state index contributed by atoms with van der Waals surface area (Å²) in [6.45, 7) is 0. The number of furan rings is 1. The van der Waals surface area contributed by atoms with E-state index in [1.165, 1.54) is 18.5 Å². The minimum atomic E-state index is -1.21. The second-order valence-electron chi connectivity index (χ2n) is 2.86. The maximum absolute atomic E-state index is 11.2. The van der Waals surface area contributed by atoms with Gasteiger partial charge < -0.3 is 19.3 Å². The van der Waals surface area contributed by atoms with Crippen molar-refractivity contribution in [3.05, 3.63) is 34.4 Å². The van der Waals surface area contributed by atoms with Crippen LogP contribution in [0.15, 0.2) is 27.7 Å². The van der Waals surface area contributed by atoms with Crippen LogP contribution in [-0.4, -0.2) is 11.0 Å². The van der Waals surface area contributed by atoms with Gasteiger partial charge in [0.2, 0.25) is 0 Å². The highest BCUT2D eigenvalue weighted by Crippen LogP contribution is 2.15. The van der Waals surface area contributed by atoms with E-state index in [1.807, 2.05) is 0 Å². The molecular formula is C9H6NO4-. The average molecular weight is 192 g/mol. The van der Waals surface area contributed by atoms with Crippen LogP contribution in [0.4, 0.5) is 0 Å². The van der Waals surface area contributed by atoms with E-state index in [4.69, 9.17) is 4.42 Å². The number of aromatic nitrogens is 1. The molecule has 0 aliphatic rings. The highest BCUT2D eigenvalue weighted by atomic mass is 16.4. The molecule has 0 aliphatic heterocycles. The SMILES string of the molecule is O=C([O-])Cc1c[nH]c(=O)c2ccoc12. The lowest BCUT2D eigenvalue weighted by Gasteiger charge is -2.01. The molecule has 0 spiro atoms. The number of carboxylic acid groups (broad SMARTS) is 1. The molecule has 0 saturated heterocycles. The molecule has 2 aromatic heterocycles. The molecule has 1 N–H and O–H groups in total. The molecule has 0 atom stereocenters. The number of aromatic amines is 1. The number of nitrogens with one attached hydrogen (secondary N) is 1. The Morgan fingerprint density at radius 3 is 3.07 bits per heavy atom. The van der Waals surface area contributed by atoms with Crippen LogP contribution in [0.3, 0.4) is 0 Å². The zero-order valence-corrected chi connectivity index (χ0v) is 7.07. The first kappa shape index (κ1) is 8.55. The van der Waals surface area contributed by atoms with Crippen molar-refractivity contribution >= 4 is 16.9 Å². The van der Waals surface area contributed by atoms with Crippen molar-refractivity contribution in [2.45, 2.75) is 6.42 Å². The molecular weight excluding hydrogens is 186 g/mol. The molecule has 2 heterocycles. The molecule has 5 nitrogen and oxygen atoms in total. The Bertz CT molecular complexity index is 537. The number of aliphatic carboxylic acids is 1. The Hall–Kier alpha value is -2.04. The van der Waals surface area contributed by atoms with Gasteiger partial charge in [0, 0.05) is 24.2 Å². The van der Waals surface area contributed by atoms with Crippen molar-refractivity contribution in [2.24, 2.45) is 0 Å². The molecule has 0 aliphatic carbocycles. The third-order valence-electron chi connectivity index (χ3n) is 1.91. The molecule has 2 rings (SSSR count). The number of carboxylic acids is 1. The third-order valence-corrected chi connectivity index (χ3v) is 1.91. The standard InChI is InChI=1S/C9H7NO4/c11-7(12)3-5-4-10-9(13)6-1-2-14-8(5)6/h1-2,4H,3H2,(H,10,13)(H,11,12)/p-1. The topological polar surface area (TPSA) is 86.1 Å². The molecule has 2 aromatic rings. The molecule has 0 saturated carbocycles. The number of fused-ring (bicyclic) bond motifs is 1. The van der Waals surface area contributed by atoms with Gasteiger partial charge in [-0.3, -0.25) is 4.79 Å². The van der Waals surface area contributed by atoms with Gasteiger partial charge in [0.25, 0.3) is 5.56 Å². The first-order valence-corrected chi connectivity index (χ1v) is 3.96. The lowest BCUT2D eigenvalue weighted by atomic mass is 10.2. The van der Waals surface area contributed by atoms with Crippen molar-refractivity contribution < 1.29 is 14.3 Å². The molecule has 0 amide bonds. The second-order valence-corrected chi connectivity index (χ2v) is 2.86. The summed E-state index contributed by atoms with van der Waals surface area (Å²) in [7, 11) is 0. The van der Waals surface area contributed by atoms with Crippen LogP contribution in [0.1, 0.15) is 5.56 Å². The van der Waals surface area contributed by atoms with Crippen molar-refractivity contribution in [1.82, 2.24) is 4.98 Å². The number of rotatable bonds is 2. The molecule has 14 heavy (non-hydrogen) atoms. The molecule has 0 radical (unpaired) electrons. The van der Waals surface area contributed by atoms with Gasteiger partial charge in [0.05, 0.1) is 11.6 Å². The highest BCUT2D eigenvalue weighted by Gasteiger charge is 2.07. The van der Waals surface area contributed by atoms with Crippen LogP contribution < -0.4 is 10.7 Å². The van der Waals surface area contributed by atoms with E-state index >= 15 is 0 Å². The Morgan fingerprint density at radius 1 is 1.57 bits per heavy atom. The fraction of sp³-hybridized carbons (Fsp3) is 0.111. The zero-order chi connectivity index (χ0) is 10.1. The van der Waals surface area contributed by atoms with E-state index in [-0.39, 0.29) is 12.0 Å². The van der Waals surface area contributed by atoms with Crippen molar-refractivity contribution in [1.29, 1.82) is 0 Å². The third kappa shape index (κ3) is 1.28. The number of H-pyrrole nitrogens is 1. The smallest absolute Gasteiger partial charge is 0.259 e. The summed E-state index contributed by atoms with van der Waals surface area (Å²) in [4.78, 5) is 24.0. The number of hydrogen-bond donors (Lipinski definition) is 1. The summed E-state index contributed by atoms with van der Waals surface area (Å²) < 4.78 is 5.02. The average Bonchev–Trinajstić information content (AvgIpc) is 2.58. The van der Waals surface area contributed by atoms with Gasteiger partial charge >= 0.3 is 0 Å². The van der Waals surface area contributed by atoms with Crippen LogP contribution in [0.5, 0.6) is 0 Å². The van der Waals surface area contributed by atoms with Crippen LogP contribution in [0.2, 0.25) is 0 Å². The Labute approximate surface area is 78.0 Å². The monoisotopic (exact) mass is 192 g/mol. The molecule has 0 fully saturated rings. The molecule has 72 valence electrons. The quantitative estimate of drug-likeness (QED) is 0.689. The summed E-state index contributed by atoms with van der Waals surface area (Å²) in [5, 5.41) is 10.7.